The summed E-state index contributed by atoms with van der Waals surface area (Å²) in [7, 11) is 0. The van der Waals surface area contributed by atoms with Gasteiger partial charge < -0.3 is 5.32 Å². The molecule has 2 rings (SSSR count). The fraction of sp³-hybridized carbons (Fsp3) is 0.214. The third-order valence-corrected chi connectivity index (χ3v) is 2.77. The fourth-order valence-electron chi connectivity index (χ4n) is 1.67. The lowest BCUT2D eigenvalue weighted by Crippen LogP contribution is -2.29. The van der Waals surface area contributed by atoms with Crippen LogP contribution < -0.4 is 10.9 Å². The van der Waals surface area contributed by atoms with E-state index in [1.54, 1.807) is 19.1 Å². The molecule has 1 amide bonds. The molecule has 0 aliphatic carbocycles. The van der Waals surface area contributed by atoms with E-state index in [9.17, 15) is 14.0 Å². The number of hydrogen-bond acceptors (Lipinski definition) is 3. The first-order chi connectivity index (χ1) is 9.60. The smallest absolute Gasteiger partial charge is 0.271 e. The number of aryl methyl sites for hydroxylation is 1. The fourth-order valence-corrected chi connectivity index (χ4v) is 1.67. The molecule has 20 heavy (non-hydrogen) atoms. The van der Waals surface area contributed by atoms with E-state index < -0.39 is 0 Å². The topological polar surface area (TPSA) is 64.0 Å². The molecule has 1 N–H and O–H groups in total. The predicted octanol–water partition coefficient (Wildman–Crippen LogP) is 1.33. The van der Waals surface area contributed by atoms with Crippen molar-refractivity contribution in [3.63, 3.8) is 0 Å². The Kier molecular flexibility index (Phi) is 4.24. The van der Waals surface area contributed by atoms with Crippen molar-refractivity contribution in [2.75, 3.05) is 0 Å². The second kappa shape index (κ2) is 6.10. The van der Waals surface area contributed by atoms with Crippen LogP contribution in [0.25, 0.3) is 0 Å². The first-order valence-electron chi connectivity index (χ1n) is 6.21. The van der Waals surface area contributed by atoms with E-state index in [0.29, 0.717) is 6.54 Å². The largest absolute Gasteiger partial charge is 0.347 e. The molecule has 104 valence electrons. The van der Waals surface area contributed by atoms with Gasteiger partial charge in [0.15, 0.2) is 0 Å². The van der Waals surface area contributed by atoms with Crippen molar-refractivity contribution in [1.82, 2.24) is 15.1 Å². The lowest BCUT2D eigenvalue weighted by Gasteiger charge is -2.06. The van der Waals surface area contributed by atoms with Gasteiger partial charge in [-0.15, -0.1) is 0 Å². The van der Waals surface area contributed by atoms with E-state index in [1.165, 1.54) is 28.9 Å². The van der Waals surface area contributed by atoms with Crippen LogP contribution in [-0.4, -0.2) is 15.7 Å². The van der Waals surface area contributed by atoms with Crippen molar-refractivity contribution < 1.29 is 9.18 Å². The molecular formula is C14H14FN3O2. The van der Waals surface area contributed by atoms with Crippen LogP contribution in [0.4, 0.5) is 4.39 Å². The molecule has 1 aromatic carbocycles. The SMILES string of the molecule is CCn1nc(C(=O)NCc2ccc(F)cc2)ccc1=O. The third-order valence-electron chi connectivity index (χ3n) is 2.77. The van der Waals surface area contributed by atoms with Crippen molar-refractivity contribution in [3.05, 3.63) is 63.8 Å². The second-order valence-corrected chi connectivity index (χ2v) is 4.18. The number of nitrogens with zero attached hydrogens (tertiary/aromatic N) is 2. The average molecular weight is 275 g/mol. The summed E-state index contributed by atoms with van der Waals surface area (Å²) in [5.41, 5.74) is 0.708. The molecule has 0 bridgehead atoms. The van der Waals surface area contributed by atoms with Gasteiger partial charge in [-0.2, -0.15) is 5.10 Å². The van der Waals surface area contributed by atoms with Gasteiger partial charge in [0.1, 0.15) is 11.5 Å². The van der Waals surface area contributed by atoms with Gasteiger partial charge in [-0.3, -0.25) is 9.59 Å². The summed E-state index contributed by atoms with van der Waals surface area (Å²) < 4.78 is 14.0. The molecule has 6 heteroatoms. The van der Waals surface area contributed by atoms with Crippen LogP contribution in [0, 0.1) is 5.82 Å². The standard InChI is InChI=1S/C14H14FN3O2/c1-2-18-13(19)8-7-12(17-18)14(20)16-9-10-3-5-11(15)6-4-10/h3-8H,2,9H2,1H3,(H,16,20). The minimum absolute atomic E-state index is 0.175. The van der Waals surface area contributed by atoms with Gasteiger partial charge in [0.2, 0.25) is 0 Å². The van der Waals surface area contributed by atoms with Gasteiger partial charge in [0, 0.05) is 19.2 Å². The molecule has 0 saturated heterocycles. The average Bonchev–Trinajstić information content (AvgIpc) is 2.47. The molecule has 0 fully saturated rings. The first-order valence-corrected chi connectivity index (χ1v) is 6.21. The maximum absolute atomic E-state index is 12.7. The highest BCUT2D eigenvalue weighted by atomic mass is 19.1. The van der Waals surface area contributed by atoms with Crippen LogP contribution in [-0.2, 0) is 13.1 Å². The number of aromatic nitrogens is 2. The van der Waals surface area contributed by atoms with E-state index in [1.807, 2.05) is 0 Å². The van der Waals surface area contributed by atoms with Crippen molar-refractivity contribution in [2.45, 2.75) is 20.0 Å². The quantitative estimate of drug-likeness (QED) is 0.915. The number of carbonyl (C=O) groups is 1. The molecular weight excluding hydrogens is 261 g/mol. The molecule has 0 aliphatic rings. The highest BCUT2D eigenvalue weighted by Crippen LogP contribution is 2.02. The van der Waals surface area contributed by atoms with E-state index in [2.05, 4.69) is 10.4 Å². The summed E-state index contributed by atoms with van der Waals surface area (Å²) in [5, 5.41) is 6.62. The Balaban J connectivity index is 2.05. The minimum Gasteiger partial charge on any atom is -0.347 e. The van der Waals surface area contributed by atoms with Crippen LogP contribution in [0.1, 0.15) is 23.0 Å². The molecule has 0 spiro atoms. The predicted molar refractivity (Wildman–Crippen MR) is 71.7 cm³/mol. The highest BCUT2D eigenvalue weighted by Gasteiger charge is 2.08. The molecule has 0 aliphatic heterocycles. The van der Waals surface area contributed by atoms with Crippen LogP contribution >= 0.6 is 0 Å². The Hall–Kier alpha value is -2.50. The number of hydrogen-bond donors (Lipinski definition) is 1. The van der Waals surface area contributed by atoms with Crippen LogP contribution in [0.2, 0.25) is 0 Å². The number of rotatable bonds is 4. The van der Waals surface area contributed by atoms with Gasteiger partial charge in [0.25, 0.3) is 11.5 Å². The first kappa shape index (κ1) is 13.9. The highest BCUT2D eigenvalue weighted by molar-refractivity contribution is 5.91. The number of halogens is 1. The van der Waals surface area contributed by atoms with Crippen molar-refractivity contribution in [3.8, 4) is 0 Å². The lowest BCUT2D eigenvalue weighted by atomic mass is 10.2. The number of benzene rings is 1. The van der Waals surface area contributed by atoms with Gasteiger partial charge in [-0.05, 0) is 30.7 Å². The molecule has 1 heterocycles. The van der Waals surface area contributed by atoms with Crippen molar-refractivity contribution >= 4 is 5.91 Å². The van der Waals surface area contributed by atoms with Gasteiger partial charge in [0.05, 0.1) is 0 Å². The molecule has 1 aromatic heterocycles. The summed E-state index contributed by atoms with van der Waals surface area (Å²) in [4.78, 5) is 23.3. The molecule has 2 aromatic rings. The van der Waals surface area contributed by atoms with Crippen LogP contribution in [0.5, 0.6) is 0 Å². The van der Waals surface area contributed by atoms with Gasteiger partial charge in [-0.1, -0.05) is 12.1 Å². The van der Waals surface area contributed by atoms with Crippen molar-refractivity contribution in [2.24, 2.45) is 0 Å². The second-order valence-electron chi connectivity index (χ2n) is 4.18. The Morgan fingerprint density at radius 1 is 1.25 bits per heavy atom. The van der Waals surface area contributed by atoms with E-state index in [4.69, 9.17) is 0 Å². The van der Waals surface area contributed by atoms with Gasteiger partial charge in [-0.25, -0.2) is 9.07 Å². The molecule has 5 nitrogen and oxygen atoms in total. The van der Waals surface area contributed by atoms with Crippen LogP contribution in [0.15, 0.2) is 41.2 Å². The number of carbonyl (C=O) groups excluding carboxylic acids is 1. The molecule has 0 radical (unpaired) electrons. The summed E-state index contributed by atoms with van der Waals surface area (Å²) >= 11 is 0. The van der Waals surface area contributed by atoms with E-state index in [-0.39, 0.29) is 29.5 Å². The monoisotopic (exact) mass is 275 g/mol. The normalized spacial score (nSPS) is 10.3. The maximum atomic E-state index is 12.7. The Morgan fingerprint density at radius 2 is 1.95 bits per heavy atom. The van der Waals surface area contributed by atoms with Gasteiger partial charge >= 0.3 is 0 Å². The Morgan fingerprint density at radius 3 is 2.60 bits per heavy atom. The van der Waals surface area contributed by atoms with E-state index in [0.717, 1.165) is 5.56 Å². The molecule has 0 atom stereocenters. The number of nitrogens with one attached hydrogen (secondary N) is 1. The lowest BCUT2D eigenvalue weighted by molar-refractivity contribution is 0.0943. The van der Waals surface area contributed by atoms with Crippen molar-refractivity contribution in [1.29, 1.82) is 0 Å². The Bertz CT molecular complexity index is 665. The zero-order valence-electron chi connectivity index (χ0n) is 11.0. The summed E-state index contributed by atoms with van der Waals surface area (Å²) in [5.74, 6) is -0.701. The minimum atomic E-state index is -0.378. The zero-order valence-corrected chi connectivity index (χ0v) is 11.0. The zero-order chi connectivity index (χ0) is 14.5. The summed E-state index contributed by atoms with van der Waals surface area (Å²) in [6.45, 7) is 2.44. The Labute approximate surface area is 115 Å². The third kappa shape index (κ3) is 3.28. The van der Waals surface area contributed by atoms with E-state index >= 15 is 0 Å². The number of amides is 1. The summed E-state index contributed by atoms with van der Waals surface area (Å²) in [6, 6.07) is 8.54. The van der Waals surface area contributed by atoms with Crippen LogP contribution in [0.3, 0.4) is 0 Å². The summed E-state index contributed by atoms with van der Waals surface area (Å²) in [6.07, 6.45) is 0. The maximum Gasteiger partial charge on any atom is 0.271 e. The molecule has 0 saturated carbocycles. The molecule has 0 unspecified atom stereocenters.